The Morgan fingerprint density at radius 1 is 1.11 bits per heavy atom. The summed E-state index contributed by atoms with van der Waals surface area (Å²) < 4.78 is 0. The van der Waals surface area contributed by atoms with E-state index >= 15 is 0 Å². The quantitative estimate of drug-likeness (QED) is 0.766. The van der Waals surface area contributed by atoms with Crippen molar-refractivity contribution >= 4 is 17.5 Å². The fraction of sp³-hybridized carbons (Fsp3) is 0.133. The third-order valence-electron chi connectivity index (χ3n) is 3.36. The Labute approximate surface area is 111 Å². The number of amides is 1. The number of nitrogens with zero attached hydrogens (tertiary/aromatic N) is 1. The highest BCUT2D eigenvalue weighted by Gasteiger charge is 2.34. The van der Waals surface area contributed by atoms with Crippen LogP contribution in [0.1, 0.15) is 27.5 Å². The number of halogens is 1. The number of rotatable bonds is 1. The fourth-order valence-corrected chi connectivity index (χ4v) is 2.69. The Hall–Kier alpha value is -1.80. The highest BCUT2D eigenvalue weighted by Crippen LogP contribution is 2.38. The van der Waals surface area contributed by atoms with Gasteiger partial charge in [0, 0.05) is 17.6 Å². The summed E-state index contributed by atoms with van der Waals surface area (Å²) in [6.45, 7) is 0. The third kappa shape index (κ3) is 1.61. The molecule has 0 spiro atoms. The number of carbonyl (C=O) groups is 1. The Morgan fingerprint density at radius 3 is 2.56 bits per heavy atom. The summed E-state index contributed by atoms with van der Waals surface area (Å²) >= 11 is 6.04. The summed E-state index contributed by atoms with van der Waals surface area (Å²) in [6.07, 6.45) is 0. The predicted octanol–water partition coefficient (Wildman–Crippen LogP) is 3.52. The highest BCUT2D eigenvalue weighted by molar-refractivity contribution is 6.30. The Bertz CT molecular complexity index is 609. The van der Waals surface area contributed by atoms with Crippen molar-refractivity contribution in [3.05, 3.63) is 70.2 Å². The summed E-state index contributed by atoms with van der Waals surface area (Å²) in [4.78, 5) is 13.9. The van der Waals surface area contributed by atoms with Crippen LogP contribution < -0.4 is 0 Å². The van der Waals surface area contributed by atoms with Gasteiger partial charge in [0.25, 0.3) is 5.91 Å². The topological polar surface area (TPSA) is 20.3 Å². The van der Waals surface area contributed by atoms with Gasteiger partial charge in [-0.3, -0.25) is 4.79 Å². The average Bonchev–Trinajstić information content (AvgIpc) is 2.63. The predicted molar refractivity (Wildman–Crippen MR) is 71.8 cm³/mol. The van der Waals surface area contributed by atoms with Gasteiger partial charge in [0.1, 0.15) is 0 Å². The molecule has 2 nitrogen and oxygen atoms in total. The van der Waals surface area contributed by atoms with E-state index in [4.69, 9.17) is 11.6 Å². The molecule has 0 fully saturated rings. The smallest absolute Gasteiger partial charge is 0.254 e. The van der Waals surface area contributed by atoms with E-state index in [-0.39, 0.29) is 11.9 Å². The molecule has 1 aliphatic rings. The molecule has 1 heterocycles. The number of hydrogen-bond acceptors (Lipinski definition) is 1. The minimum Gasteiger partial charge on any atom is -0.331 e. The van der Waals surface area contributed by atoms with Crippen LogP contribution >= 0.6 is 11.6 Å². The van der Waals surface area contributed by atoms with Crippen molar-refractivity contribution in [1.82, 2.24) is 4.90 Å². The molecule has 1 atom stereocenters. The first-order valence-corrected chi connectivity index (χ1v) is 6.18. The van der Waals surface area contributed by atoms with E-state index in [1.54, 1.807) is 17.0 Å². The largest absolute Gasteiger partial charge is 0.331 e. The monoisotopic (exact) mass is 257 g/mol. The molecule has 1 aliphatic heterocycles. The first-order chi connectivity index (χ1) is 8.68. The number of benzene rings is 2. The van der Waals surface area contributed by atoms with Crippen LogP contribution in [-0.4, -0.2) is 17.9 Å². The number of fused-ring (bicyclic) bond motifs is 1. The van der Waals surface area contributed by atoms with Gasteiger partial charge < -0.3 is 4.90 Å². The molecule has 0 bridgehead atoms. The lowest BCUT2D eigenvalue weighted by Gasteiger charge is -2.21. The molecule has 3 heteroatoms. The lowest BCUT2D eigenvalue weighted by molar-refractivity contribution is 0.0793. The maximum atomic E-state index is 12.2. The van der Waals surface area contributed by atoms with Gasteiger partial charge in [-0.15, -0.1) is 0 Å². The lowest BCUT2D eigenvalue weighted by atomic mass is 9.98. The molecule has 0 aliphatic carbocycles. The van der Waals surface area contributed by atoms with Crippen molar-refractivity contribution in [2.75, 3.05) is 7.05 Å². The first kappa shape index (κ1) is 11.3. The standard InChI is InChI=1S/C15H12ClNO/c1-17-14(10-5-3-2-4-6-10)13-9-11(16)7-8-12(13)15(17)18/h2-9,14H,1H3. The van der Waals surface area contributed by atoms with Gasteiger partial charge in [0.15, 0.2) is 0 Å². The van der Waals surface area contributed by atoms with E-state index in [0.717, 1.165) is 16.7 Å². The Kier molecular flexibility index (Phi) is 2.60. The van der Waals surface area contributed by atoms with E-state index in [1.807, 2.05) is 43.4 Å². The van der Waals surface area contributed by atoms with E-state index in [0.29, 0.717) is 5.02 Å². The van der Waals surface area contributed by atoms with Crippen molar-refractivity contribution in [2.24, 2.45) is 0 Å². The highest BCUT2D eigenvalue weighted by atomic mass is 35.5. The normalized spacial score (nSPS) is 18.0. The molecule has 0 saturated heterocycles. The minimum atomic E-state index is -0.0348. The molecule has 1 unspecified atom stereocenters. The van der Waals surface area contributed by atoms with E-state index in [2.05, 4.69) is 0 Å². The van der Waals surface area contributed by atoms with Crippen LogP contribution in [0.15, 0.2) is 48.5 Å². The zero-order valence-electron chi connectivity index (χ0n) is 9.93. The number of hydrogen-bond donors (Lipinski definition) is 0. The summed E-state index contributed by atoms with van der Waals surface area (Å²) in [5.41, 5.74) is 2.84. The Morgan fingerprint density at radius 2 is 1.83 bits per heavy atom. The molecule has 0 saturated carbocycles. The van der Waals surface area contributed by atoms with Gasteiger partial charge >= 0.3 is 0 Å². The maximum absolute atomic E-state index is 12.2. The van der Waals surface area contributed by atoms with Crippen molar-refractivity contribution < 1.29 is 4.79 Å². The van der Waals surface area contributed by atoms with E-state index in [1.165, 1.54) is 0 Å². The summed E-state index contributed by atoms with van der Waals surface area (Å²) in [7, 11) is 1.83. The number of carbonyl (C=O) groups excluding carboxylic acids is 1. The summed E-state index contributed by atoms with van der Waals surface area (Å²) in [5.74, 6) is 0.0514. The van der Waals surface area contributed by atoms with Crippen LogP contribution in [-0.2, 0) is 0 Å². The lowest BCUT2D eigenvalue weighted by Crippen LogP contribution is -2.23. The molecule has 2 aromatic rings. The minimum absolute atomic E-state index is 0.0348. The third-order valence-corrected chi connectivity index (χ3v) is 3.60. The summed E-state index contributed by atoms with van der Waals surface area (Å²) in [5, 5.41) is 0.665. The van der Waals surface area contributed by atoms with Gasteiger partial charge in [-0.05, 0) is 29.3 Å². The molecule has 0 radical (unpaired) electrons. The zero-order chi connectivity index (χ0) is 12.7. The van der Waals surface area contributed by atoms with Crippen LogP contribution in [0, 0.1) is 0 Å². The van der Waals surface area contributed by atoms with Crippen molar-refractivity contribution in [2.45, 2.75) is 6.04 Å². The molecule has 0 N–H and O–H groups in total. The Balaban J connectivity index is 2.18. The average molecular weight is 258 g/mol. The van der Waals surface area contributed by atoms with E-state index < -0.39 is 0 Å². The molecule has 90 valence electrons. The second-order valence-corrected chi connectivity index (χ2v) is 4.90. The molecular formula is C15H12ClNO. The molecule has 3 rings (SSSR count). The summed E-state index contributed by atoms with van der Waals surface area (Å²) in [6, 6.07) is 15.4. The van der Waals surface area contributed by atoms with E-state index in [9.17, 15) is 4.79 Å². The first-order valence-electron chi connectivity index (χ1n) is 5.80. The SMILES string of the molecule is CN1C(=O)c2ccc(Cl)cc2C1c1ccccc1. The van der Waals surface area contributed by atoms with Crippen LogP contribution in [0.4, 0.5) is 0 Å². The van der Waals surface area contributed by atoms with Crippen LogP contribution in [0.3, 0.4) is 0 Å². The van der Waals surface area contributed by atoms with Crippen LogP contribution in [0.5, 0.6) is 0 Å². The second kappa shape index (κ2) is 4.14. The van der Waals surface area contributed by atoms with Crippen LogP contribution in [0.25, 0.3) is 0 Å². The fourth-order valence-electron chi connectivity index (χ4n) is 2.51. The molecule has 2 aromatic carbocycles. The van der Waals surface area contributed by atoms with Gasteiger partial charge in [-0.1, -0.05) is 41.9 Å². The molecule has 18 heavy (non-hydrogen) atoms. The maximum Gasteiger partial charge on any atom is 0.254 e. The van der Waals surface area contributed by atoms with Crippen molar-refractivity contribution in [3.63, 3.8) is 0 Å². The molecule has 0 aromatic heterocycles. The van der Waals surface area contributed by atoms with Gasteiger partial charge in [0.05, 0.1) is 6.04 Å². The van der Waals surface area contributed by atoms with Gasteiger partial charge in [-0.2, -0.15) is 0 Å². The molecule has 1 amide bonds. The second-order valence-electron chi connectivity index (χ2n) is 4.46. The molecular weight excluding hydrogens is 246 g/mol. The van der Waals surface area contributed by atoms with Gasteiger partial charge in [0.2, 0.25) is 0 Å². The van der Waals surface area contributed by atoms with Crippen molar-refractivity contribution in [1.29, 1.82) is 0 Å². The van der Waals surface area contributed by atoms with Gasteiger partial charge in [-0.25, -0.2) is 0 Å². The van der Waals surface area contributed by atoms with Crippen molar-refractivity contribution in [3.8, 4) is 0 Å². The van der Waals surface area contributed by atoms with Crippen LogP contribution in [0.2, 0.25) is 5.02 Å². The zero-order valence-corrected chi connectivity index (χ0v) is 10.7.